The van der Waals surface area contributed by atoms with Gasteiger partial charge >= 0.3 is 47.8 Å². The van der Waals surface area contributed by atoms with Gasteiger partial charge in [-0.2, -0.15) is 0 Å². The first-order valence-electron chi connectivity index (χ1n) is 27.2. The predicted molar refractivity (Wildman–Crippen MR) is 312 cm³/mol. The van der Waals surface area contributed by atoms with Crippen molar-refractivity contribution < 1.29 is 183 Å². The lowest BCUT2D eigenvalue weighted by atomic mass is 10.0. The van der Waals surface area contributed by atoms with E-state index in [1.54, 1.807) is 0 Å². The summed E-state index contributed by atoms with van der Waals surface area (Å²) in [6.45, 7) is -1.37. The topological polar surface area (TPSA) is 624 Å². The van der Waals surface area contributed by atoms with Crippen molar-refractivity contribution >= 4 is 47.8 Å². The molecule has 0 aliphatic carbocycles. The molecule has 20 N–H and O–H groups in total. The maximum absolute atomic E-state index is 14.5. The molecule has 9 rings (SSSR count). The Hall–Kier alpha value is -14.5. The zero-order valence-electron chi connectivity index (χ0n) is 48.8. The van der Waals surface area contributed by atoms with Gasteiger partial charge in [0, 0.05) is 0 Å². The number of benzene rings is 8. The number of hydrogen-bond acceptors (Lipinski definition) is 37. The molecule has 1 saturated heterocycles. The molecule has 0 aromatic heterocycles. The summed E-state index contributed by atoms with van der Waals surface area (Å²) in [5.74, 6) is -39.6. The van der Waals surface area contributed by atoms with E-state index in [9.17, 15) is 140 Å². The number of ether oxygens (including phenoxy) is 9. The van der Waals surface area contributed by atoms with Crippen LogP contribution < -0.4 is 18.9 Å². The van der Waals surface area contributed by atoms with Gasteiger partial charge in [0.1, 0.15) is 18.8 Å². The minimum atomic E-state index is -2.36. The van der Waals surface area contributed by atoms with Crippen molar-refractivity contribution in [2.24, 2.45) is 0 Å². The van der Waals surface area contributed by atoms with Gasteiger partial charge in [-0.3, -0.25) is 0 Å². The summed E-state index contributed by atoms with van der Waals surface area (Å²) in [5, 5.41) is 205. The summed E-state index contributed by atoms with van der Waals surface area (Å²) in [6.07, 6.45) is -10.3. The molecule has 99 heavy (non-hydrogen) atoms. The molecule has 514 valence electrons. The van der Waals surface area contributed by atoms with Crippen LogP contribution >= 0.6 is 0 Å². The van der Waals surface area contributed by atoms with E-state index >= 15 is 0 Å². The molecular formula is C62H44O37. The lowest BCUT2D eigenvalue weighted by Gasteiger charge is -2.39. The second-order valence-electron chi connectivity index (χ2n) is 20.5. The fourth-order valence-corrected chi connectivity index (χ4v) is 8.87. The first-order valence-corrected chi connectivity index (χ1v) is 27.2. The molecule has 8 aromatic carbocycles. The van der Waals surface area contributed by atoms with Gasteiger partial charge in [0.25, 0.3) is 0 Å². The van der Waals surface area contributed by atoms with Crippen LogP contribution in [0, 0.1) is 0 Å². The Labute approximate surface area is 546 Å². The minimum absolute atomic E-state index is 0.478. The monoisotopic (exact) mass is 1380 g/mol. The van der Waals surface area contributed by atoms with Crippen molar-refractivity contribution in [2.75, 3.05) is 6.61 Å². The van der Waals surface area contributed by atoms with Gasteiger partial charge in [0.2, 0.25) is 29.3 Å². The van der Waals surface area contributed by atoms with Gasteiger partial charge in [-0.25, -0.2) is 38.4 Å². The summed E-state index contributed by atoms with van der Waals surface area (Å²) in [6, 6.07) is 8.91. The Balaban J connectivity index is 1.10. The average Bonchev–Trinajstić information content (AvgIpc) is 0.804. The normalized spacial score (nSPS) is 14.7. The van der Waals surface area contributed by atoms with Gasteiger partial charge in [0.05, 0.1) is 50.9 Å². The number of carbonyl (C=O) groups is 8. The number of hydrogen-bond donors (Lipinski definition) is 20. The first kappa shape index (κ1) is 68.8. The van der Waals surface area contributed by atoms with Gasteiger partial charge in [0.15, 0.2) is 121 Å². The van der Waals surface area contributed by atoms with E-state index < -0.39 is 268 Å². The third-order valence-electron chi connectivity index (χ3n) is 13.8. The predicted octanol–water partition coefficient (Wildman–Crippen LogP) is 4.26. The fourth-order valence-electron chi connectivity index (χ4n) is 8.87. The second-order valence-corrected chi connectivity index (χ2v) is 20.5. The van der Waals surface area contributed by atoms with Gasteiger partial charge in [-0.1, -0.05) is 0 Å². The summed E-state index contributed by atoms with van der Waals surface area (Å²) < 4.78 is 48.7. The van der Waals surface area contributed by atoms with Crippen LogP contribution in [0.4, 0.5) is 0 Å². The maximum Gasteiger partial charge on any atom is 0.343 e. The molecule has 0 amide bonds. The molecule has 1 aliphatic rings. The van der Waals surface area contributed by atoms with Crippen LogP contribution in [0.5, 0.6) is 138 Å². The van der Waals surface area contributed by atoms with Crippen molar-refractivity contribution in [3.63, 3.8) is 0 Å². The number of phenols is 20. The third kappa shape index (κ3) is 14.7. The smallest absolute Gasteiger partial charge is 0.343 e. The molecule has 8 aromatic rings. The summed E-state index contributed by atoms with van der Waals surface area (Å²) >= 11 is 0. The lowest BCUT2D eigenvalue weighted by molar-refractivity contribution is -0.238. The Morgan fingerprint density at radius 2 is 0.505 bits per heavy atom. The molecular weight excluding hydrogens is 1340 g/mol. The van der Waals surface area contributed by atoms with Crippen LogP contribution in [0.2, 0.25) is 0 Å². The number of aromatic hydroxyl groups is 20. The third-order valence-corrected chi connectivity index (χ3v) is 13.8. The highest BCUT2D eigenvalue weighted by molar-refractivity contribution is 5.99. The highest BCUT2D eigenvalue weighted by Gasteiger charge is 2.47. The zero-order valence-corrected chi connectivity index (χ0v) is 48.8. The quantitative estimate of drug-likeness (QED) is 0.0262. The van der Waals surface area contributed by atoms with Gasteiger partial charge < -0.3 is 145 Å². The van der Waals surface area contributed by atoms with Gasteiger partial charge in [-0.15, -0.1) is 0 Å². The van der Waals surface area contributed by atoms with Crippen LogP contribution in [0.3, 0.4) is 0 Å². The maximum atomic E-state index is 14.5. The summed E-state index contributed by atoms with van der Waals surface area (Å²) in [4.78, 5) is 110. The number of rotatable bonds is 17. The average molecular weight is 1380 g/mol. The van der Waals surface area contributed by atoms with E-state index in [-0.39, 0.29) is 0 Å². The molecule has 37 heteroatoms. The van der Waals surface area contributed by atoms with E-state index in [0.29, 0.717) is 97.1 Å². The molecule has 1 heterocycles. The van der Waals surface area contributed by atoms with Crippen LogP contribution in [0.25, 0.3) is 0 Å². The Kier molecular flexibility index (Phi) is 18.9. The molecule has 1 fully saturated rings. The highest BCUT2D eigenvalue weighted by atomic mass is 16.7. The molecule has 1 unspecified atom stereocenters. The first-order chi connectivity index (χ1) is 46.6. The van der Waals surface area contributed by atoms with Crippen molar-refractivity contribution in [1.29, 1.82) is 0 Å². The van der Waals surface area contributed by atoms with E-state index in [4.69, 9.17) is 42.6 Å². The van der Waals surface area contributed by atoms with Crippen molar-refractivity contribution in [2.45, 2.75) is 31.0 Å². The van der Waals surface area contributed by atoms with Crippen LogP contribution in [0.1, 0.15) is 89.3 Å². The van der Waals surface area contributed by atoms with E-state index in [1.807, 2.05) is 0 Å². The van der Waals surface area contributed by atoms with Gasteiger partial charge in [-0.05, 0) is 97.1 Å². The molecule has 1 aliphatic heterocycles. The Morgan fingerprint density at radius 1 is 0.283 bits per heavy atom. The summed E-state index contributed by atoms with van der Waals surface area (Å²) in [5.41, 5.74) is -6.34. The molecule has 4 atom stereocenters. The fraction of sp³-hybridized carbons (Fsp3) is 0.0968. The lowest BCUT2D eigenvalue weighted by Crippen LogP contribution is -2.54. The van der Waals surface area contributed by atoms with E-state index in [1.165, 1.54) is 0 Å². The van der Waals surface area contributed by atoms with Crippen molar-refractivity contribution in [1.82, 2.24) is 0 Å². The van der Waals surface area contributed by atoms with Crippen LogP contribution in [-0.4, -0.2) is 181 Å². The molecule has 37 nitrogen and oxygen atoms in total. The number of phenolic OH excluding ortho intramolecular Hbond substituents is 20. The number of carbonyl (C=O) groups excluding carboxylic acids is 8. The second kappa shape index (κ2) is 27.2. The zero-order chi connectivity index (χ0) is 72.5. The largest absolute Gasteiger partial charge is 0.504 e. The minimum Gasteiger partial charge on any atom is -0.504 e. The van der Waals surface area contributed by atoms with E-state index in [2.05, 4.69) is 0 Å². The Morgan fingerprint density at radius 3 is 0.778 bits per heavy atom. The molecule has 0 bridgehead atoms. The Bertz CT molecular complexity index is 4610. The standard InChI is InChI=1S/C62H44O37/c63-27-1-19(2-28(64)46(27)75)56(84)93-39-13-23(9-35(71)50(39)79)55(83)91-18-44-54(99-62(90)26-12-38(74)53(82)42(16-26)96-59(87)22-7-33(69)49(78)34(70)8-22)43(97-60(88)24-10-36(72)51(80)40(14-24)94-57(85)20-3-29(65)47(76)30(66)4-20)17-45(92-44)98-61(89)25-11-37(73)52(81)41(15-25)95-58(86)21-5-31(67)48(77)32(68)6-21/h1-16,43-45,54,63-82H,17-18H2/t43-,44-,45?,54+/m1/s1. The molecule has 0 saturated carbocycles. The summed E-state index contributed by atoms with van der Waals surface area (Å²) in [7, 11) is 0. The molecule has 0 radical (unpaired) electrons. The van der Waals surface area contributed by atoms with Crippen LogP contribution in [0.15, 0.2) is 97.1 Å². The van der Waals surface area contributed by atoms with Crippen molar-refractivity contribution in [3.8, 4) is 138 Å². The van der Waals surface area contributed by atoms with Crippen LogP contribution in [-0.2, 0) is 23.7 Å². The SMILES string of the molecule is O=C(OC[C@H]1OC(OC(=O)c2cc(O)c(O)c(OC(=O)c3cc(O)c(O)c(O)c3)c2)C[C@@H](OC(=O)c2cc(O)c(O)c(OC(=O)c3cc(O)c(O)c(O)c3)c2)[C@@H]1OC(=O)c1cc(O)c(O)c(OC(=O)c2cc(O)c(O)c(O)c2)c1)c1cc(O)c(O)c(OC(=O)c2cc(O)c(O)c(O)c2)c1. The highest BCUT2D eigenvalue weighted by Crippen LogP contribution is 2.45. The van der Waals surface area contributed by atoms with Crippen molar-refractivity contribution in [3.05, 3.63) is 142 Å². The number of esters is 8. The van der Waals surface area contributed by atoms with E-state index in [0.717, 1.165) is 0 Å². The molecule has 0 spiro atoms.